The Balaban J connectivity index is 1.74. The largest absolute Gasteiger partial charge is 0.497 e. The molecule has 0 bridgehead atoms. The third-order valence-corrected chi connectivity index (χ3v) is 6.32. The van der Waals surface area contributed by atoms with E-state index in [1.165, 1.54) is 13.2 Å². The lowest BCUT2D eigenvalue weighted by Gasteiger charge is -2.13. The Morgan fingerprint density at radius 2 is 1.72 bits per heavy atom. The van der Waals surface area contributed by atoms with Gasteiger partial charge in [-0.3, -0.25) is 4.79 Å². The van der Waals surface area contributed by atoms with Gasteiger partial charge in [-0.2, -0.15) is 10.5 Å². The first-order valence-electron chi connectivity index (χ1n) is 10.6. The number of nitrogens with zero attached hydrogens (tertiary/aromatic N) is 2. The van der Waals surface area contributed by atoms with Crippen molar-refractivity contribution in [1.29, 1.82) is 10.5 Å². The molecule has 9 heteroatoms. The highest BCUT2D eigenvalue weighted by molar-refractivity contribution is 9.11. The number of nitrogens with one attached hydrogen (secondary N) is 1. The van der Waals surface area contributed by atoms with Crippen molar-refractivity contribution in [1.82, 2.24) is 5.32 Å². The number of hydrogen-bond acceptors (Lipinski definition) is 6. The second-order valence-corrected chi connectivity index (χ2v) is 9.11. The average Bonchev–Trinajstić information content (AvgIpc) is 2.89. The van der Waals surface area contributed by atoms with Crippen LogP contribution < -0.4 is 19.5 Å². The summed E-state index contributed by atoms with van der Waals surface area (Å²) in [7, 11) is 3.09. The standard InChI is InChI=1S/C27H21Br2N3O4/c1-34-22-8-7-19(25(12-22)35-2)15-32-27(33)21(14-31)9-17-10-23(28)26(24(29)11-17)36-16-20-6-4-3-5-18(20)13-30/h3-12H,15-16H2,1-2H3,(H,32,33)/b21-9+. The summed E-state index contributed by atoms with van der Waals surface area (Å²) < 4.78 is 17.7. The molecular formula is C27H21Br2N3O4. The van der Waals surface area contributed by atoms with Crippen molar-refractivity contribution in [2.75, 3.05) is 14.2 Å². The monoisotopic (exact) mass is 609 g/mol. The summed E-state index contributed by atoms with van der Waals surface area (Å²) in [6, 6.07) is 20.1. The number of nitriles is 2. The number of methoxy groups -OCH3 is 2. The second kappa shape index (κ2) is 12.8. The van der Waals surface area contributed by atoms with Crippen molar-refractivity contribution in [2.24, 2.45) is 0 Å². The number of carbonyl (C=O) groups is 1. The number of benzene rings is 3. The van der Waals surface area contributed by atoms with E-state index in [0.29, 0.717) is 37.3 Å². The fourth-order valence-electron chi connectivity index (χ4n) is 3.29. The van der Waals surface area contributed by atoms with E-state index in [0.717, 1.165) is 11.1 Å². The minimum atomic E-state index is -0.518. The number of rotatable bonds is 9. The quantitative estimate of drug-likeness (QED) is 0.239. The van der Waals surface area contributed by atoms with Crippen LogP contribution in [0.4, 0.5) is 0 Å². The molecular weight excluding hydrogens is 590 g/mol. The molecule has 182 valence electrons. The Morgan fingerprint density at radius 1 is 1.00 bits per heavy atom. The summed E-state index contributed by atoms with van der Waals surface area (Å²) in [5.41, 5.74) is 2.61. The molecule has 0 heterocycles. The van der Waals surface area contributed by atoms with Gasteiger partial charge in [-0.05, 0) is 73.8 Å². The Labute approximate surface area is 226 Å². The zero-order valence-corrected chi connectivity index (χ0v) is 22.6. The summed E-state index contributed by atoms with van der Waals surface area (Å²) in [5, 5.41) is 21.6. The molecule has 3 aromatic carbocycles. The molecule has 0 saturated heterocycles. The molecule has 36 heavy (non-hydrogen) atoms. The van der Waals surface area contributed by atoms with Crippen molar-refractivity contribution >= 4 is 43.8 Å². The van der Waals surface area contributed by atoms with E-state index in [1.54, 1.807) is 49.6 Å². The number of hydrogen-bond donors (Lipinski definition) is 1. The van der Waals surface area contributed by atoms with Gasteiger partial charge in [0.15, 0.2) is 0 Å². The molecule has 0 aromatic heterocycles. The minimum Gasteiger partial charge on any atom is -0.497 e. The fourth-order valence-corrected chi connectivity index (χ4v) is 4.74. The zero-order valence-electron chi connectivity index (χ0n) is 19.5. The van der Waals surface area contributed by atoms with Crippen LogP contribution >= 0.6 is 31.9 Å². The third kappa shape index (κ3) is 6.66. The summed E-state index contributed by atoms with van der Waals surface area (Å²) in [6.07, 6.45) is 1.49. The molecule has 3 aromatic rings. The molecule has 1 amide bonds. The lowest BCUT2D eigenvalue weighted by molar-refractivity contribution is -0.117. The van der Waals surface area contributed by atoms with Crippen LogP contribution in [0.25, 0.3) is 6.08 Å². The van der Waals surface area contributed by atoms with Gasteiger partial charge in [0, 0.05) is 23.7 Å². The van der Waals surface area contributed by atoms with Crippen molar-refractivity contribution in [3.8, 4) is 29.4 Å². The highest BCUT2D eigenvalue weighted by atomic mass is 79.9. The topological polar surface area (TPSA) is 104 Å². The van der Waals surface area contributed by atoms with Gasteiger partial charge in [-0.15, -0.1) is 0 Å². The van der Waals surface area contributed by atoms with Gasteiger partial charge in [-0.25, -0.2) is 0 Å². The van der Waals surface area contributed by atoms with Crippen LogP contribution in [0.5, 0.6) is 17.2 Å². The number of ether oxygens (including phenoxy) is 3. The highest BCUT2D eigenvalue weighted by Crippen LogP contribution is 2.36. The number of carbonyl (C=O) groups excluding carboxylic acids is 1. The van der Waals surface area contributed by atoms with E-state index in [1.807, 2.05) is 18.2 Å². The maximum Gasteiger partial charge on any atom is 0.262 e. The van der Waals surface area contributed by atoms with Gasteiger partial charge in [-0.1, -0.05) is 18.2 Å². The molecule has 0 saturated carbocycles. The smallest absolute Gasteiger partial charge is 0.262 e. The predicted octanol–water partition coefficient (Wildman–Crippen LogP) is 5.90. The molecule has 3 rings (SSSR count). The molecule has 1 N–H and O–H groups in total. The van der Waals surface area contributed by atoms with Gasteiger partial charge < -0.3 is 19.5 Å². The van der Waals surface area contributed by atoms with E-state index in [9.17, 15) is 15.3 Å². The van der Waals surface area contributed by atoms with Crippen LogP contribution in [0.15, 0.2) is 69.1 Å². The van der Waals surface area contributed by atoms with Crippen molar-refractivity contribution in [2.45, 2.75) is 13.2 Å². The Morgan fingerprint density at radius 3 is 2.36 bits per heavy atom. The van der Waals surface area contributed by atoms with Crippen LogP contribution in [0.3, 0.4) is 0 Å². The summed E-state index contributed by atoms with van der Waals surface area (Å²) in [4.78, 5) is 12.7. The van der Waals surface area contributed by atoms with E-state index in [2.05, 4.69) is 43.2 Å². The Hall–Kier alpha value is -3.79. The molecule has 0 aliphatic carbocycles. The van der Waals surface area contributed by atoms with Gasteiger partial charge >= 0.3 is 0 Å². The molecule has 0 fully saturated rings. The van der Waals surface area contributed by atoms with E-state index >= 15 is 0 Å². The fraction of sp³-hybridized carbons (Fsp3) is 0.148. The van der Waals surface area contributed by atoms with Crippen LogP contribution in [-0.2, 0) is 17.9 Å². The number of amides is 1. The van der Waals surface area contributed by atoms with Gasteiger partial charge in [0.25, 0.3) is 5.91 Å². The summed E-state index contributed by atoms with van der Waals surface area (Å²) >= 11 is 6.98. The van der Waals surface area contributed by atoms with Crippen LogP contribution in [0.2, 0.25) is 0 Å². The lowest BCUT2D eigenvalue weighted by atomic mass is 10.1. The Kier molecular flexibility index (Phi) is 9.52. The minimum absolute atomic E-state index is 0.0575. The highest BCUT2D eigenvalue weighted by Gasteiger charge is 2.14. The first-order chi connectivity index (χ1) is 17.4. The first-order valence-corrected chi connectivity index (χ1v) is 12.2. The van der Waals surface area contributed by atoms with Crippen molar-refractivity contribution in [3.05, 3.63) is 91.4 Å². The Bertz CT molecular complexity index is 1370. The lowest BCUT2D eigenvalue weighted by Crippen LogP contribution is -2.24. The molecule has 0 aliphatic heterocycles. The van der Waals surface area contributed by atoms with E-state index in [-0.39, 0.29) is 18.7 Å². The average molecular weight is 611 g/mol. The van der Waals surface area contributed by atoms with Gasteiger partial charge in [0.2, 0.25) is 0 Å². The van der Waals surface area contributed by atoms with Crippen LogP contribution in [0.1, 0.15) is 22.3 Å². The molecule has 0 atom stereocenters. The number of halogens is 2. The molecule has 0 radical (unpaired) electrons. The predicted molar refractivity (Wildman–Crippen MR) is 142 cm³/mol. The molecule has 0 aliphatic rings. The van der Waals surface area contributed by atoms with Crippen LogP contribution in [-0.4, -0.2) is 20.1 Å². The van der Waals surface area contributed by atoms with Crippen LogP contribution in [0, 0.1) is 22.7 Å². The molecule has 0 spiro atoms. The third-order valence-electron chi connectivity index (χ3n) is 5.14. The van der Waals surface area contributed by atoms with Crippen molar-refractivity contribution in [3.63, 3.8) is 0 Å². The van der Waals surface area contributed by atoms with Crippen molar-refractivity contribution < 1.29 is 19.0 Å². The second-order valence-electron chi connectivity index (χ2n) is 7.40. The summed E-state index contributed by atoms with van der Waals surface area (Å²) in [5.74, 6) is 1.22. The zero-order chi connectivity index (χ0) is 26.1. The SMILES string of the molecule is COc1ccc(CNC(=O)/C(C#N)=C/c2cc(Br)c(OCc3ccccc3C#N)c(Br)c2)c(OC)c1. The van der Waals surface area contributed by atoms with E-state index in [4.69, 9.17) is 14.2 Å². The van der Waals surface area contributed by atoms with Gasteiger partial charge in [0.1, 0.15) is 35.5 Å². The first kappa shape index (κ1) is 26.8. The molecule has 7 nitrogen and oxygen atoms in total. The maximum absolute atomic E-state index is 12.7. The summed E-state index contributed by atoms with van der Waals surface area (Å²) in [6.45, 7) is 0.381. The molecule has 0 unspecified atom stereocenters. The maximum atomic E-state index is 12.7. The normalized spacial score (nSPS) is 10.7. The van der Waals surface area contributed by atoms with Gasteiger partial charge in [0.05, 0.1) is 34.8 Å². The van der Waals surface area contributed by atoms with E-state index < -0.39 is 5.91 Å².